The van der Waals surface area contributed by atoms with Gasteiger partial charge in [0.25, 0.3) is 0 Å². The van der Waals surface area contributed by atoms with Gasteiger partial charge in [-0.1, -0.05) is 11.6 Å². The van der Waals surface area contributed by atoms with E-state index >= 15 is 0 Å². The van der Waals surface area contributed by atoms with Crippen LogP contribution in [0.4, 0.5) is 0 Å². The molecule has 16 heavy (non-hydrogen) atoms. The minimum absolute atomic E-state index is 0.0369. The number of hydrogen-bond donors (Lipinski definition) is 0. The van der Waals surface area contributed by atoms with Gasteiger partial charge in [-0.05, 0) is 19.9 Å². The molecule has 0 unspecified atom stereocenters. The molecule has 0 aliphatic heterocycles. The van der Waals surface area contributed by atoms with Crippen LogP contribution in [0.15, 0.2) is 12.3 Å². The molecule has 1 aromatic heterocycles. The third kappa shape index (κ3) is 4.18. The highest BCUT2D eigenvalue weighted by molar-refractivity contribution is 7.53. The normalized spacial score (nSPS) is 11.7. The molecule has 0 aromatic carbocycles. The Bertz CT molecular complexity index is 379. The zero-order valence-electron chi connectivity index (χ0n) is 9.22. The highest BCUT2D eigenvalue weighted by Crippen LogP contribution is 2.50. The first-order chi connectivity index (χ1) is 7.59. The molecule has 7 heteroatoms. The average molecular weight is 265 g/mol. The summed E-state index contributed by atoms with van der Waals surface area (Å²) in [6.45, 7) is 4.14. The van der Waals surface area contributed by atoms with Crippen LogP contribution in [0.25, 0.3) is 0 Å². The molecule has 0 fully saturated rings. The van der Waals surface area contributed by atoms with Crippen molar-refractivity contribution in [2.24, 2.45) is 0 Å². The second kappa shape index (κ2) is 6.30. The van der Waals surface area contributed by atoms with Crippen LogP contribution in [0.5, 0.6) is 0 Å². The molecule has 1 rings (SSSR count). The van der Waals surface area contributed by atoms with Crippen LogP contribution in [0, 0.1) is 0 Å². The van der Waals surface area contributed by atoms with E-state index in [4.69, 9.17) is 20.6 Å². The Morgan fingerprint density at radius 3 is 2.50 bits per heavy atom. The highest BCUT2D eigenvalue weighted by Gasteiger charge is 2.25. The Labute approximate surface area is 99.7 Å². The lowest BCUT2D eigenvalue weighted by Crippen LogP contribution is -2.02. The molecule has 0 amide bonds. The Kier molecular flexibility index (Phi) is 5.35. The number of rotatable bonds is 6. The van der Waals surface area contributed by atoms with Crippen LogP contribution in [-0.2, 0) is 19.8 Å². The van der Waals surface area contributed by atoms with E-state index in [9.17, 15) is 4.57 Å². The van der Waals surface area contributed by atoms with Gasteiger partial charge in [0.15, 0.2) is 0 Å². The van der Waals surface area contributed by atoms with Crippen LogP contribution < -0.4 is 0 Å². The number of aromatic nitrogens is 2. The largest absolute Gasteiger partial charge is 0.338 e. The van der Waals surface area contributed by atoms with Gasteiger partial charge in [0, 0.05) is 6.20 Å². The highest BCUT2D eigenvalue weighted by atomic mass is 35.5. The Balaban J connectivity index is 2.79. The van der Waals surface area contributed by atoms with Crippen molar-refractivity contribution in [2.45, 2.75) is 20.0 Å². The molecule has 1 aromatic rings. The molecule has 0 aliphatic carbocycles. The molecule has 0 bridgehead atoms. The van der Waals surface area contributed by atoms with Crippen LogP contribution in [0.1, 0.15) is 19.7 Å². The fourth-order valence-corrected chi connectivity index (χ4v) is 2.84. The summed E-state index contributed by atoms with van der Waals surface area (Å²) in [6.07, 6.45) is 1.54. The first-order valence-corrected chi connectivity index (χ1v) is 7.05. The summed E-state index contributed by atoms with van der Waals surface area (Å²) < 4.78 is 22.4. The smallest absolute Gasteiger partial charge is 0.309 e. The minimum Gasteiger partial charge on any atom is -0.309 e. The number of halogens is 1. The zero-order chi connectivity index (χ0) is 12.0. The van der Waals surface area contributed by atoms with Crippen LogP contribution in [-0.4, -0.2) is 23.2 Å². The Hall–Kier alpha value is -0.480. The quantitative estimate of drug-likeness (QED) is 0.584. The lowest BCUT2D eigenvalue weighted by atomic mass is 10.6. The van der Waals surface area contributed by atoms with Gasteiger partial charge in [0.1, 0.15) is 17.1 Å². The van der Waals surface area contributed by atoms with Crippen LogP contribution in [0.2, 0.25) is 5.15 Å². The summed E-state index contributed by atoms with van der Waals surface area (Å²) in [6, 6.07) is 1.55. The third-order valence-corrected chi connectivity index (χ3v) is 3.84. The van der Waals surface area contributed by atoms with Crippen LogP contribution >= 0.6 is 19.2 Å². The number of nitrogens with zero attached hydrogens (tertiary/aromatic N) is 2. The lowest BCUT2D eigenvalue weighted by Gasteiger charge is -2.15. The molecule has 0 saturated carbocycles. The van der Waals surface area contributed by atoms with Gasteiger partial charge in [-0.3, -0.25) is 4.57 Å². The summed E-state index contributed by atoms with van der Waals surface area (Å²) in [5.74, 6) is 0.359. The molecule has 5 nitrogen and oxygen atoms in total. The maximum absolute atomic E-state index is 12.1. The van der Waals surface area contributed by atoms with Crippen molar-refractivity contribution in [3.8, 4) is 0 Å². The molecule has 0 aliphatic rings. The first-order valence-electron chi connectivity index (χ1n) is 4.95. The maximum atomic E-state index is 12.1. The van der Waals surface area contributed by atoms with E-state index in [0.29, 0.717) is 24.2 Å². The second-order valence-electron chi connectivity index (χ2n) is 2.90. The van der Waals surface area contributed by atoms with E-state index in [0.717, 1.165) is 0 Å². The van der Waals surface area contributed by atoms with Crippen molar-refractivity contribution in [3.05, 3.63) is 23.2 Å². The van der Waals surface area contributed by atoms with E-state index < -0.39 is 7.60 Å². The van der Waals surface area contributed by atoms with E-state index in [1.54, 1.807) is 19.9 Å². The van der Waals surface area contributed by atoms with Gasteiger partial charge < -0.3 is 9.05 Å². The van der Waals surface area contributed by atoms with Gasteiger partial charge in [-0.15, -0.1) is 0 Å². The van der Waals surface area contributed by atoms with Crippen LogP contribution in [0.3, 0.4) is 0 Å². The fourth-order valence-electron chi connectivity index (χ4n) is 1.15. The lowest BCUT2D eigenvalue weighted by molar-refractivity contribution is 0.218. The molecule has 0 saturated heterocycles. The maximum Gasteiger partial charge on any atom is 0.338 e. The topological polar surface area (TPSA) is 61.3 Å². The third-order valence-electron chi connectivity index (χ3n) is 1.66. The summed E-state index contributed by atoms with van der Waals surface area (Å²) in [7, 11) is -3.14. The molecule has 0 radical (unpaired) electrons. The molecular formula is C9H14ClN2O3P. The van der Waals surface area contributed by atoms with E-state index in [-0.39, 0.29) is 6.16 Å². The molecular weight excluding hydrogens is 251 g/mol. The van der Waals surface area contributed by atoms with Gasteiger partial charge >= 0.3 is 7.60 Å². The first kappa shape index (κ1) is 13.6. The summed E-state index contributed by atoms with van der Waals surface area (Å²) in [5.41, 5.74) is 0. The summed E-state index contributed by atoms with van der Waals surface area (Å²) >= 11 is 5.71. The predicted molar refractivity (Wildman–Crippen MR) is 61.6 cm³/mol. The van der Waals surface area contributed by atoms with Crippen molar-refractivity contribution >= 4 is 19.2 Å². The molecule has 90 valence electrons. The van der Waals surface area contributed by atoms with Gasteiger partial charge in [-0.25, -0.2) is 9.97 Å². The Morgan fingerprint density at radius 1 is 1.38 bits per heavy atom. The summed E-state index contributed by atoms with van der Waals surface area (Å²) in [5, 5.41) is 0.310. The average Bonchev–Trinajstić information content (AvgIpc) is 2.17. The van der Waals surface area contributed by atoms with Crippen molar-refractivity contribution < 1.29 is 13.6 Å². The molecule has 0 atom stereocenters. The van der Waals surface area contributed by atoms with E-state index in [1.807, 2.05) is 0 Å². The standard InChI is InChI=1S/C9H14ClN2O3P/c1-3-14-16(13,15-4-2)7-9-11-6-5-8(10)12-9/h5-6H,3-4,7H2,1-2H3. The molecule has 0 spiro atoms. The molecule has 1 heterocycles. The van der Waals surface area contributed by atoms with Gasteiger partial charge in [0.2, 0.25) is 0 Å². The van der Waals surface area contributed by atoms with Gasteiger partial charge in [-0.2, -0.15) is 0 Å². The van der Waals surface area contributed by atoms with E-state index in [1.165, 1.54) is 6.20 Å². The SMILES string of the molecule is CCOP(=O)(Cc1nccc(Cl)n1)OCC. The van der Waals surface area contributed by atoms with Gasteiger partial charge in [0.05, 0.1) is 13.2 Å². The van der Waals surface area contributed by atoms with E-state index in [2.05, 4.69) is 9.97 Å². The van der Waals surface area contributed by atoms with Crippen molar-refractivity contribution in [1.82, 2.24) is 9.97 Å². The summed E-state index contributed by atoms with van der Waals surface area (Å²) in [4.78, 5) is 7.91. The van der Waals surface area contributed by atoms with Crippen molar-refractivity contribution in [1.29, 1.82) is 0 Å². The van der Waals surface area contributed by atoms with Crippen molar-refractivity contribution in [2.75, 3.05) is 13.2 Å². The van der Waals surface area contributed by atoms with Crippen molar-refractivity contribution in [3.63, 3.8) is 0 Å². The predicted octanol–water partition coefficient (Wildman–Crippen LogP) is 2.90. The molecule has 0 N–H and O–H groups in total. The monoisotopic (exact) mass is 264 g/mol. The fraction of sp³-hybridized carbons (Fsp3) is 0.556. The second-order valence-corrected chi connectivity index (χ2v) is 5.34. The zero-order valence-corrected chi connectivity index (χ0v) is 10.9. The number of hydrogen-bond acceptors (Lipinski definition) is 5. The Morgan fingerprint density at radius 2 is 2.00 bits per heavy atom. The minimum atomic E-state index is -3.14.